The zero-order valence-corrected chi connectivity index (χ0v) is 9.64. The van der Waals surface area contributed by atoms with Gasteiger partial charge >= 0.3 is 12.1 Å². The third-order valence-corrected chi connectivity index (χ3v) is 3.29. The van der Waals surface area contributed by atoms with Crippen LogP contribution in [0.4, 0.5) is 9.59 Å². The zero-order valence-electron chi connectivity index (χ0n) is 9.64. The maximum atomic E-state index is 11.5. The van der Waals surface area contributed by atoms with Crippen LogP contribution in [0.3, 0.4) is 0 Å². The van der Waals surface area contributed by atoms with Crippen LogP contribution >= 0.6 is 0 Å². The van der Waals surface area contributed by atoms with Crippen LogP contribution in [0.5, 0.6) is 0 Å². The van der Waals surface area contributed by atoms with E-state index in [4.69, 9.17) is 0 Å². The number of carbonyl (C=O) groups excluding carboxylic acids is 2. The Morgan fingerprint density at radius 3 is 1.38 bits per heavy atom. The van der Waals surface area contributed by atoms with Crippen LogP contribution in [0.2, 0.25) is 0 Å². The second-order valence-corrected chi connectivity index (χ2v) is 4.47. The van der Waals surface area contributed by atoms with E-state index >= 15 is 0 Å². The van der Waals surface area contributed by atoms with Crippen LogP contribution in [0, 0.1) is 0 Å². The molecular formula is C10H18N4O2. The van der Waals surface area contributed by atoms with Crippen LogP contribution in [-0.2, 0) is 0 Å². The number of fused-ring (bicyclic) bond motifs is 1. The largest absolute Gasteiger partial charge is 0.318 e. The molecule has 0 saturated carbocycles. The fraction of sp³-hybridized carbons (Fsp3) is 0.800. The van der Waals surface area contributed by atoms with Gasteiger partial charge in [-0.05, 0) is 12.8 Å². The summed E-state index contributed by atoms with van der Waals surface area (Å²) in [4.78, 5) is 23.0. The van der Waals surface area contributed by atoms with E-state index in [1.165, 1.54) is 0 Å². The molecule has 2 aliphatic heterocycles. The topological polar surface area (TPSA) is 82.3 Å². The van der Waals surface area contributed by atoms with Gasteiger partial charge in [-0.15, -0.1) is 0 Å². The lowest BCUT2D eigenvalue weighted by molar-refractivity contribution is 0.176. The van der Waals surface area contributed by atoms with Crippen LogP contribution in [-0.4, -0.2) is 23.4 Å². The Balaban J connectivity index is 2.35. The van der Waals surface area contributed by atoms with Gasteiger partial charge in [0.1, 0.15) is 0 Å². The Bertz CT molecular complexity index is 281. The molecule has 2 saturated heterocycles. The number of hydrogen-bond acceptors (Lipinski definition) is 2. The highest BCUT2D eigenvalue weighted by atomic mass is 16.2. The van der Waals surface area contributed by atoms with Gasteiger partial charge in [0, 0.05) is 0 Å². The lowest BCUT2D eigenvalue weighted by atomic mass is 9.88. The van der Waals surface area contributed by atoms with E-state index in [0.29, 0.717) is 12.8 Å². The predicted octanol–water partition coefficient (Wildman–Crippen LogP) is 0.605. The molecule has 0 spiro atoms. The maximum Gasteiger partial charge on any atom is 0.318 e. The molecule has 90 valence electrons. The zero-order chi connectivity index (χ0) is 11.8. The molecule has 4 N–H and O–H groups in total. The highest BCUT2D eigenvalue weighted by Gasteiger charge is 2.63. The van der Waals surface area contributed by atoms with E-state index in [2.05, 4.69) is 21.3 Å². The second-order valence-electron chi connectivity index (χ2n) is 4.47. The average Bonchev–Trinajstić information content (AvgIpc) is 2.51. The van der Waals surface area contributed by atoms with Crippen molar-refractivity contribution in [3.8, 4) is 0 Å². The third kappa shape index (κ3) is 1.32. The first kappa shape index (κ1) is 11.0. The van der Waals surface area contributed by atoms with Crippen molar-refractivity contribution in [1.82, 2.24) is 21.3 Å². The lowest BCUT2D eigenvalue weighted by Gasteiger charge is -2.36. The number of amides is 4. The Hall–Kier alpha value is -1.46. The number of urea groups is 2. The summed E-state index contributed by atoms with van der Waals surface area (Å²) in [7, 11) is 0. The van der Waals surface area contributed by atoms with Gasteiger partial charge in [0.2, 0.25) is 0 Å². The van der Waals surface area contributed by atoms with Crippen molar-refractivity contribution in [2.24, 2.45) is 0 Å². The minimum Gasteiger partial charge on any atom is -0.311 e. The van der Waals surface area contributed by atoms with E-state index < -0.39 is 11.3 Å². The Kier molecular flexibility index (Phi) is 2.44. The van der Waals surface area contributed by atoms with E-state index in [1.54, 1.807) is 0 Å². The van der Waals surface area contributed by atoms with Gasteiger partial charge in [-0.25, -0.2) is 9.59 Å². The molecule has 0 radical (unpaired) electrons. The van der Waals surface area contributed by atoms with Gasteiger partial charge in [-0.1, -0.05) is 26.7 Å². The summed E-state index contributed by atoms with van der Waals surface area (Å²) < 4.78 is 0. The molecule has 0 aliphatic carbocycles. The van der Waals surface area contributed by atoms with E-state index in [0.717, 1.165) is 12.8 Å². The van der Waals surface area contributed by atoms with Crippen LogP contribution in [0.25, 0.3) is 0 Å². The summed E-state index contributed by atoms with van der Waals surface area (Å²) >= 11 is 0. The molecule has 6 nitrogen and oxygen atoms in total. The SMILES string of the molecule is CCCC12NC(=O)NC1(CCC)NC(=O)N2. The van der Waals surface area contributed by atoms with Gasteiger partial charge in [0.15, 0.2) is 11.3 Å². The first-order chi connectivity index (χ1) is 7.57. The van der Waals surface area contributed by atoms with Crippen molar-refractivity contribution in [3.63, 3.8) is 0 Å². The van der Waals surface area contributed by atoms with Crippen molar-refractivity contribution >= 4 is 12.1 Å². The Labute approximate surface area is 94.5 Å². The summed E-state index contributed by atoms with van der Waals surface area (Å²) in [5.74, 6) is 0. The molecule has 2 heterocycles. The molecule has 2 aliphatic rings. The van der Waals surface area contributed by atoms with Gasteiger partial charge in [-0.3, -0.25) is 0 Å². The number of nitrogens with one attached hydrogen (secondary N) is 4. The molecule has 0 atom stereocenters. The molecule has 0 aromatic carbocycles. The minimum atomic E-state index is -0.675. The fourth-order valence-corrected chi connectivity index (χ4v) is 2.75. The monoisotopic (exact) mass is 226 g/mol. The molecule has 0 bridgehead atoms. The highest BCUT2D eigenvalue weighted by molar-refractivity contribution is 5.88. The smallest absolute Gasteiger partial charge is 0.311 e. The van der Waals surface area contributed by atoms with Crippen LogP contribution in [0.15, 0.2) is 0 Å². The molecule has 16 heavy (non-hydrogen) atoms. The molecule has 0 aromatic heterocycles. The van der Waals surface area contributed by atoms with Crippen LogP contribution < -0.4 is 21.3 Å². The van der Waals surface area contributed by atoms with Crippen LogP contribution in [0.1, 0.15) is 39.5 Å². The fourth-order valence-electron chi connectivity index (χ4n) is 2.75. The molecule has 2 fully saturated rings. The summed E-state index contributed by atoms with van der Waals surface area (Å²) in [6, 6.07) is -0.455. The maximum absolute atomic E-state index is 11.5. The standard InChI is InChI=1S/C10H18N4O2/c1-3-5-9-10(6-4-2,13-7(15)11-9)14-8(16)12-9/h3-6H2,1-2H3,(H2,11,13,15)(H2,12,14,16). The first-order valence-electron chi connectivity index (χ1n) is 5.78. The summed E-state index contributed by atoms with van der Waals surface area (Å²) in [6.45, 7) is 4.06. The molecule has 4 amide bonds. The summed E-state index contributed by atoms with van der Waals surface area (Å²) in [5.41, 5.74) is -1.35. The Morgan fingerprint density at radius 1 is 0.812 bits per heavy atom. The van der Waals surface area contributed by atoms with E-state index in [1.807, 2.05) is 13.8 Å². The van der Waals surface area contributed by atoms with Gasteiger partial charge in [0.25, 0.3) is 0 Å². The van der Waals surface area contributed by atoms with Crippen molar-refractivity contribution in [1.29, 1.82) is 0 Å². The molecule has 2 rings (SSSR count). The lowest BCUT2D eigenvalue weighted by Crippen LogP contribution is -2.65. The van der Waals surface area contributed by atoms with E-state index in [9.17, 15) is 9.59 Å². The number of hydrogen-bond donors (Lipinski definition) is 4. The quantitative estimate of drug-likeness (QED) is 0.566. The molecule has 6 heteroatoms. The minimum absolute atomic E-state index is 0.227. The van der Waals surface area contributed by atoms with Crippen molar-refractivity contribution in [2.75, 3.05) is 0 Å². The van der Waals surface area contributed by atoms with E-state index in [-0.39, 0.29) is 12.1 Å². The van der Waals surface area contributed by atoms with Crippen molar-refractivity contribution in [2.45, 2.75) is 50.9 Å². The average molecular weight is 226 g/mol. The molecule has 0 aromatic rings. The first-order valence-corrected chi connectivity index (χ1v) is 5.78. The molecule has 0 unspecified atom stereocenters. The van der Waals surface area contributed by atoms with Crippen molar-refractivity contribution < 1.29 is 9.59 Å². The predicted molar refractivity (Wildman–Crippen MR) is 58.6 cm³/mol. The molecular weight excluding hydrogens is 208 g/mol. The van der Waals surface area contributed by atoms with Gasteiger partial charge < -0.3 is 21.3 Å². The number of rotatable bonds is 4. The van der Waals surface area contributed by atoms with Crippen molar-refractivity contribution in [3.05, 3.63) is 0 Å². The summed E-state index contributed by atoms with van der Waals surface area (Å²) in [6.07, 6.45) is 3.19. The Morgan fingerprint density at radius 2 is 1.12 bits per heavy atom. The highest BCUT2D eigenvalue weighted by Crippen LogP contribution is 2.34. The van der Waals surface area contributed by atoms with Gasteiger partial charge in [-0.2, -0.15) is 0 Å². The van der Waals surface area contributed by atoms with Gasteiger partial charge in [0.05, 0.1) is 0 Å². The summed E-state index contributed by atoms with van der Waals surface area (Å²) in [5, 5.41) is 11.4. The number of carbonyl (C=O) groups is 2. The second kappa shape index (κ2) is 3.54. The third-order valence-electron chi connectivity index (χ3n) is 3.29. The normalized spacial score (nSPS) is 36.1.